The Bertz CT molecular complexity index is 223. The van der Waals surface area contributed by atoms with Crippen molar-refractivity contribution >= 4 is 5.97 Å². The minimum absolute atomic E-state index is 0.232. The number of rotatable bonds is 8. The van der Waals surface area contributed by atoms with Gasteiger partial charge in [0.15, 0.2) is 0 Å². The first-order valence-electron chi connectivity index (χ1n) is 7.72. The van der Waals surface area contributed by atoms with Crippen LogP contribution in [0.4, 0.5) is 0 Å². The molecule has 0 aromatic carbocycles. The van der Waals surface area contributed by atoms with Gasteiger partial charge in [0.05, 0.1) is 0 Å². The van der Waals surface area contributed by atoms with Gasteiger partial charge in [0.2, 0.25) is 0 Å². The second-order valence-corrected chi connectivity index (χ2v) is 5.51. The van der Waals surface area contributed by atoms with E-state index in [0.717, 1.165) is 25.9 Å². The highest BCUT2D eigenvalue weighted by molar-refractivity contribution is 5.73. The largest absolute Gasteiger partial charge is 0.480 e. The summed E-state index contributed by atoms with van der Waals surface area (Å²) in [6.07, 6.45) is 11.7. The van der Waals surface area contributed by atoms with E-state index in [2.05, 4.69) is 11.8 Å². The molecule has 106 valence electrons. The average molecular weight is 255 g/mol. The first-order chi connectivity index (χ1) is 8.75. The molecule has 1 fully saturated rings. The molecule has 3 nitrogen and oxygen atoms in total. The number of hydrogen-bond donors (Lipinski definition) is 1. The lowest BCUT2D eigenvalue weighted by atomic mass is 10.0. The Labute approximate surface area is 112 Å². The number of likely N-dealkylation sites (tertiary alicyclic amines) is 1. The van der Waals surface area contributed by atoms with E-state index in [1.807, 2.05) is 0 Å². The summed E-state index contributed by atoms with van der Waals surface area (Å²) >= 11 is 0. The van der Waals surface area contributed by atoms with Crippen molar-refractivity contribution in [3.05, 3.63) is 0 Å². The molecule has 1 heterocycles. The summed E-state index contributed by atoms with van der Waals surface area (Å²) in [6.45, 7) is 4.16. The fourth-order valence-electron chi connectivity index (χ4n) is 2.81. The van der Waals surface area contributed by atoms with E-state index in [9.17, 15) is 9.90 Å². The Morgan fingerprint density at radius 2 is 1.67 bits per heavy atom. The standard InChI is InChI=1S/C15H29NO2/c1-2-3-4-5-8-11-14(15(17)18)16-12-9-6-7-10-13-16/h14H,2-13H2,1H3,(H,17,18). The van der Waals surface area contributed by atoms with Crippen LogP contribution < -0.4 is 0 Å². The van der Waals surface area contributed by atoms with E-state index >= 15 is 0 Å². The third-order valence-corrected chi connectivity index (χ3v) is 3.95. The summed E-state index contributed by atoms with van der Waals surface area (Å²) in [5.41, 5.74) is 0. The minimum Gasteiger partial charge on any atom is -0.480 e. The predicted octanol–water partition coefficient (Wildman–Crippen LogP) is 3.68. The molecule has 1 unspecified atom stereocenters. The lowest BCUT2D eigenvalue weighted by Gasteiger charge is -2.27. The van der Waals surface area contributed by atoms with Crippen molar-refractivity contribution in [1.29, 1.82) is 0 Å². The maximum Gasteiger partial charge on any atom is 0.320 e. The van der Waals surface area contributed by atoms with Crippen LogP contribution in [0.1, 0.15) is 71.1 Å². The van der Waals surface area contributed by atoms with Crippen molar-refractivity contribution in [2.24, 2.45) is 0 Å². The van der Waals surface area contributed by atoms with E-state index in [1.165, 1.54) is 51.4 Å². The van der Waals surface area contributed by atoms with Crippen LogP contribution in [0.5, 0.6) is 0 Å². The first kappa shape index (κ1) is 15.5. The van der Waals surface area contributed by atoms with E-state index in [4.69, 9.17) is 0 Å². The summed E-state index contributed by atoms with van der Waals surface area (Å²) in [5.74, 6) is -0.618. The summed E-state index contributed by atoms with van der Waals surface area (Å²) in [5, 5.41) is 9.38. The van der Waals surface area contributed by atoms with Crippen LogP contribution in [-0.2, 0) is 4.79 Å². The maximum atomic E-state index is 11.4. The van der Waals surface area contributed by atoms with Gasteiger partial charge in [-0.2, -0.15) is 0 Å². The highest BCUT2D eigenvalue weighted by atomic mass is 16.4. The van der Waals surface area contributed by atoms with Crippen LogP contribution in [-0.4, -0.2) is 35.1 Å². The van der Waals surface area contributed by atoms with Crippen LogP contribution in [0, 0.1) is 0 Å². The molecule has 0 amide bonds. The lowest BCUT2D eigenvalue weighted by molar-refractivity contribution is -0.143. The molecule has 1 atom stereocenters. The molecule has 1 saturated heterocycles. The molecule has 0 aromatic heterocycles. The third kappa shape index (κ3) is 5.85. The normalized spacial score (nSPS) is 19.4. The Balaban J connectivity index is 2.31. The molecule has 0 bridgehead atoms. The van der Waals surface area contributed by atoms with E-state index < -0.39 is 5.97 Å². The highest BCUT2D eigenvalue weighted by Crippen LogP contribution is 2.17. The molecule has 0 saturated carbocycles. The molecular weight excluding hydrogens is 226 g/mol. The van der Waals surface area contributed by atoms with Crippen LogP contribution in [0.2, 0.25) is 0 Å². The van der Waals surface area contributed by atoms with Crippen molar-refractivity contribution in [3.8, 4) is 0 Å². The second kappa shape index (κ2) is 9.37. The number of unbranched alkanes of at least 4 members (excludes halogenated alkanes) is 4. The van der Waals surface area contributed by atoms with Gasteiger partial charge in [0, 0.05) is 0 Å². The molecule has 18 heavy (non-hydrogen) atoms. The molecule has 0 spiro atoms. The van der Waals surface area contributed by atoms with Crippen molar-refractivity contribution in [1.82, 2.24) is 4.90 Å². The number of carboxylic acid groups (broad SMARTS) is 1. The number of nitrogens with zero attached hydrogens (tertiary/aromatic N) is 1. The minimum atomic E-state index is -0.618. The SMILES string of the molecule is CCCCCCCC(C(=O)O)N1CCCCCC1. The number of aliphatic carboxylic acids is 1. The lowest BCUT2D eigenvalue weighted by Crippen LogP contribution is -2.41. The molecule has 0 aliphatic carbocycles. The van der Waals surface area contributed by atoms with Crippen LogP contribution in [0.15, 0.2) is 0 Å². The van der Waals surface area contributed by atoms with Gasteiger partial charge in [-0.1, -0.05) is 51.9 Å². The van der Waals surface area contributed by atoms with Crippen molar-refractivity contribution in [2.45, 2.75) is 77.2 Å². The smallest absolute Gasteiger partial charge is 0.320 e. The monoisotopic (exact) mass is 255 g/mol. The highest BCUT2D eigenvalue weighted by Gasteiger charge is 2.25. The quantitative estimate of drug-likeness (QED) is 0.673. The maximum absolute atomic E-state index is 11.4. The molecular formula is C15H29NO2. The fraction of sp³-hybridized carbons (Fsp3) is 0.933. The Morgan fingerprint density at radius 3 is 2.22 bits per heavy atom. The average Bonchev–Trinajstić information content (AvgIpc) is 2.62. The molecule has 0 radical (unpaired) electrons. The molecule has 1 rings (SSSR count). The summed E-state index contributed by atoms with van der Waals surface area (Å²) in [4.78, 5) is 13.6. The zero-order valence-electron chi connectivity index (χ0n) is 11.9. The van der Waals surface area contributed by atoms with Gasteiger partial charge < -0.3 is 5.11 Å². The van der Waals surface area contributed by atoms with Gasteiger partial charge >= 0.3 is 5.97 Å². The predicted molar refractivity (Wildman–Crippen MR) is 74.8 cm³/mol. The van der Waals surface area contributed by atoms with Gasteiger partial charge in [-0.3, -0.25) is 9.69 Å². The van der Waals surface area contributed by atoms with Gasteiger partial charge in [-0.15, -0.1) is 0 Å². The van der Waals surface area contributed by atoms with Crippen LogP contribution in [0.3, 0.4) is 0 Å². The first-order valence-corrected chi connectivity index (χ1v) is 7.72. The summed E-state index contributed by atoms with van der Waals surface area (Å²) in [6, 6.07) is -0.232. The van der Waals surface area contributed by atoms with E-state index in [1.54, 1.807) is 0 Å². The van der Waals surface area contributed by atoms with Crippen molar-refractivity contribution in [3.63, 3.8) is 0 Å². The zero-order chi connectivity index (χ0) is 13.2. The van der Waals surface area contributed by atoms with Gasteiger partial charge in [0.25, 0.3) is 0 Å². The number of hydrogen-bond acceptors (Lipinski definition) is 2. The third-order valence-electron chi connectivity index (χ3n) is 3.95. The Morgan fingerprint density at radius 1 is 1.06 bits per heavy atom. The topological polar surface area (TPSA) is 40.5 Å². The van der Waals surface area contributed by atoms with Crippen LogP contribution >= 0.6 is 0 Å². The fourth-order valence-corrected chi connectivity index (χ4v) is 2.81. The van der Waals surface area contributed by atoms with Crippen molar-refractivity contribution in [2.75, 3.05) is 13.1 Å². The Kier molecular flexibility index (Phi) is 8.06. The van der Waals surface area contributed by atoms with Crippen LogP contribution in [0.25, 0.3) is 0 Å². The Hall–Kier alpha value is -0.570. The van der Waals surface area contributed by atoms with E-state index in [0.29, 0.717) is 0 Å². The molecule has 3 heteroatoms. The van der Waals surface area contributed by atoms with Gasteiger partial charge in [-0.05, 0) is 32.4 Å². The molecule has 1 aliphatic heterocycles. The summed E-state index contributed by atoms with van der Waals surface area (Å²) < 4.78 is 0. The van der Waals surface area contributed by atoms with Crippen molar-refractivity contribution < 1.29 is 9.90 Å². The second-order valence-electron chi connectivity index (χ2n) is 5.51. The molecule has 0 aromatic rings. The van der Waals surface area contributed by atoms with E-state index in [-0.39, 0.29) is 6.04 Å². The molecule has 1 N–H and O–H groups in total. The van der Waals surface area contributed by atoms with Gasteiger partial charge in [0.1, 0.15) is 6.04 Å². The summed E-state index contributed by atoms with van der Waals surface area (Å²) in [7, 11) is 0. The molecule has 1 aliphatic rings. The van der Waals surface area contributed by atoms with Gasteiger partial charge in [-0.25, -0.2) is 0 Å². The number of carboxylic acids is 1. The zero-order valence-corrected chi connectivity index (χ0v) is 11.9. The number of carbonyl (C=O) groups is 1.